The molecule has 0 spiro atoms. The first kappa shape index (κ1) is 22.2. The number of pyridine rings is 4. The van der Waals surface area contributed by atoms with Gasteiger partial charge in [0, 0.05) is 69.1 Å². The first-order valence-corrected chi connectivity index (χ1v) is 7.40. The topological polar surface area (TPSA) is 51.6 Å². The maximum Gasteiger partial charge on any atom is 0.0267 e. The van der Waals surface area contributed by atoms with Crippen molar-refractivity contribution in [2.45, 2.75) is 0 Å². The summed E-state index contributed by atoms with van der Waals surface area (Å²) in [6, 6.07) is 22.9. The van der Waals surface area contributed by atoms with Gasteiger partial charge in [0.1, 0.15) is 0 Å². The molecule has 0 atom stereocenters. The van der Waals surface area contributed by atoms with Crippen LogP contribution in [0.4, 0.5) is 0 Å². The van der Waals surface area contributed by atoms with Crippen molar-refractivity contribution in [1.29, 1.82) is 0 Å². The third-order valence-corrected chi connectivity index (χ3v) is 2.27. The van der Waals surface area contributed by atoms with Crippen LogP contribution in [0.25, 0.3) is 0 Å². The number of rotatable bonds is 0. The molecule has 25 heavy (non-hydrogen) atoms. The molecule has 0 unspecified atom stereocenters. The first-order chi connectivity index (χ1) is 12.0. The zero-order chi connectivity index (χ0) is 17.0. The molecule has 0 saturated carbocycles. The van der Waals surface area contributed by atoms with E-state index in [1.807, 2.05) is 72.8 Å². The summed E-state index contributed by atoms with van der Waals surface area (Å²) < 4.78 is 0. The fraction of sp³-hybridized carbons (Fsp3) is 0. The summed E-state index contributed by atoms with van der Waals surface area (Å²) in [5, 5.41) is 0. The van der Waals surface area contributed by atoms with Crippen LogP contribution < -0.4 is 0 Å². The van der Waals surface area contributed by atoms with Crippen molar-refractivity contribution in [3.63, 3.8) is 0 Å². The van der Waals surface area contributed by atoms with Crippen molar-refractivity contribution < 1.29 is 19.5 Å². The molecule has 4 nitrogen and oxygen atoms in total. The maximum absolute atomic E-state index is 3.78. The first-order valence-electron chi connectivity index (χ1n) is 7.40. The fourth-order valence-corrected chi connectivity index (χ4v) is 1.25. The van der Waals surface area contributed by atoms with Gasteiger partial charge in [-0.2, -0.15) is 0 Å². The summed E-state index contributed by atoms with van der Waals surface area (Å²) in [6.45, 7) is 0. The molecule has 0 aliphatic carbocycles. The fourth-order valence-electron chi connectivity index (χ4n) is 1.25. The smallest absolute Gasteiger partial charge is 0.0267 e. The zero-order valence-corrected chi connectivity index (χ0v) is 15.4. The molecule has 0 bridgehead atoms. The van der Waals surface area contributed by atoms with E-state index in [9.17, 15) is 0 Å². The van der Waals surface area contributed by atoms with Crippen LogP contribution >= 0.6 is 0 Å². The number of hydrogen-bond donors (Lipinski definition) is 0. The van der Waals surface area contributed by atoms with Gasteiger partial charge in [-0.15, -0.1) is 0 Å². The Hall–Kier alpha value is -2.78. The average Bonchev–Trinajstić information content (AvgIpc) is 2.75. The quantitative estimate of drug-likeness (QED) is 0.400. The molecule has 0 aliphatic rings. The molecule has 0 N–H and O–H groups in total. The Balaban J connectivity index is 0.000000303. The van der Waals surface area contributed by atoms with Gasteiger partial charge in [0.05, 0.1) is 0 Å². The van der Waals surface area contributed by atoms with Gasteiger partial charge in [0.25, 0.3) is 0 Å². The molecule has 4 aromatic rings. The molecule has 0 saturated heterocycles. The predicted molar refractivity (Wildman–Crippen MR) is 96.9 cm³/mol. The van der Waals surface area contributed by atoms with Crippen molar-refractivity contribution in [2.75, 3.05) is 0 Å². The van der Waals surface area contributed by atoms with Crippen molar-refractivity contribution >= 4 is 0 Å². The summed E-state index contributed by atoms with van der Waals surface area (Å²) in [6.07, 6.45) is 14.0. The van der Waals surface area contributed by atoms with Crippen molar-refractivity contribution in [3.8, 4) is 0 Å². The van der Waals surface area contributed by atoms with Crippen LogP contribution in [0.5, 0.6) is 0 Å². The van der Waals surface area contributed by atoms with E-state index in [0.29, 0.717) is 0 Å². The Bertz CT molecular complexity index is 436. The van der Waals surface area contributed by atoms with Crippen LogP contribution in [0.15, 0.2) is 122 Å². The van der Waals surface area contributed by atoms with E-state index in [-0.39, 0.29) is 19.5 Å². The molecule has 0 aliphatic heterocycles. The van der Waals surface area contributed by atoms with Crippen LogP contribution in [0.2, 0.25) is 0 Å². The summed E-state index contributed by atoms with van der Waals surface area (Å²) in [5.74, 6) is 0. The Kier molecular flexibility index (Phi) is 17.1. The minimum absolute atomic E-state index is 0. The van der Waals surface area contributed by atoms with Gasteiger partial charge in [-0.3, -0.25) is 19.9 Å². The number of hydrogen-bond acceptors (Lipinski definition) is 4. The van der Waals surface area contributed by atoms with E-state index in [4.69, 9.17) is 0 Å². The van der Waals surface area contributed by atoms with E-state index in [1.54, 1.807) is 49.6 Å². The third kappa shape index (κ3) is 17.4. The number of nitrogens with zero attached hydrogens (tertiary/aromatic N) is 4. The van der Waals surface area contributed by atoms with Crippen molar-refractivity contribution in [3.05, 3.63) is 122 Å². The maximum atomic E-state index is 3.78. The van der Waals surface area contributed by atoms with Crippen molar-refractivity contribution in [1.82, 2.24) is 19.9 Å². The second-order valence-electron chi connectivity index (χ2n) is 4.10. The molecule has 0 radical (unpaired) electrons. The zero-order valence-electron chi connectivity index (χ0n) is 13.7. The van der Waals surface area contributed by atoms with Gasteiger partial charge in [-0.25, -0.2) is 0 Å². The van der Waals surface area contributed by atoms with Gasteiger partial charge >= 0.3 is 0 Å². The normalized spacial score (nSPS) is 7.68. The van der Waals surface area contributed by atoms with Gasteiger partial charge in [0.15, 0.2) is 0 Å². The SMILES string of the molecule is [Ru].c1ccncc1.c1ccncc1.c1ccncc1.c1ccncc1. The Morgan fingerprint density at radius 2 is 0.400 bits per heavy atom. The average molecular weight is 417 g/mol. The summed E-state index contributed by atoms with van der Waals surface area (Å²) in [4.78, 5) is 15.1. The van der Waals surface area contributed by atoms with Crippen LogP contribution in [0.1, 0.15) is 0 Å². The predicted octanol–water partition coefficient (Wildman–Crippen LogP) is 4.32. The molecule has 0 fully saturated rings. The second kappa shape index (κ2) is 19.3. The number of aromatic nitrogens is 4. The molecule has 5 heteroatoms. The molecule has 4 rings (SSSR count). The standard InChI is InChI=1S/4C5H5N.Ru/c4*1-2-4-6-5-3-1;/h4*1-5H;. The largest absolute Gasteiger partial charge is 0.265 e. The van der Waals surface area contributed by atoms with Crippen LogP contribution in [-0.2, 0) is 19.5 Å². The summed E-state index contributed by atoms with van der Waals surface area (Å²) in [5.41, 5.74) is 0. The van der Waals surface area contributed by atoms with E-state index in [1.165, 1.54) is 0 Å². The minimum atomic E-state index is 0. The van der Waals surface area contributed by atoms with Gasteiger partial charge in [-0.1, -0.05) is 24.3 Å². The monoisotopic (exact) mass is 418 g/mol. The van der Waals surface area contributed by atoms with E-state index in [2.05, 4.69) is 19.9 Å². The van der Waals surface area contributed by atoms with Crippen molar-refractivity contribution in [2.24, 2.45) is 0 Å². The Labute approximate surface area is 161 Å². The van der Waals surface area contributed by atoms with Gasteiger partial charge in [-0.05, 0) is 48.5 Å². The molecule has 4 heterocycles. The minimum Gasteiger partial charge on any atom is -0.265 e. The van der Waals surface area contributed by atoms with Gasteiger partial charge < -0.3 is 0 Å². The molecule has 0 aromatic carbocycles. The van der Waals surface area contributed by atoms with E-state index in [0.717, 1.165) is 0 Å². The molecule has 4 aromatic heterocycles. The summed E-state index contributed by atoms with van der Waals surface area (Å²) in [7, 11) is 0. The summed E-state index contributed by atoms with van der Waals surface area (Å²) >= 11 is 0. The Morgan fingerprint density at radius 1 is 0.240 bits per heavy atom. The molecule has 0 amide bonds. The Morgan fingerprint density at radius 3 is 0.440 bits per heavy atom. The molecular formula is C20H20N4Ru. The van der Waals surface area contributed by atoms with Crippen LogP contribution in [0.3, 0.4) is 0 Å². The molecule has 128 valence electrons. The van der Waals surface area contributed by atoms with E-state index >= 15 is 0 Å². The second-order valence-corrected chi connectivity index (χ2v) is 4.10. The van der Waals surface area contributed by atoms with E-state index < -0.39 is 0 Å². The van der Waals surface area contributed by atoms with Gasteiger partial charge in [0.2, 0.25) is 0 Å². The van der Waals surface area contributed by atoms with Crippen LogP contribution in [-0.4, -0.2) is 19.9 Å². The molecular weight excluding hydrogens is 397 g/mol. The third-order valence-electron chi connectivity index (χ3n) is 2.27. The van der Waals surface area contributed by atoms with Crippen LogP contribution in [0, 0.1) is 0 Å².